The van der Waals surface area contributed by atoms with Gasteiger partial charge in [-0.3, -0.25) is 13.7 Å². The van der Waals surface area contributed by atoms with E-state index in [0.29, 0.717) is 23.5 Å². The van der Waals surface area contributed by atoms with Crippen LogP contribution < -0.4 is 0 Å². The minimum Gasteiger partial charge on any atom is -0.455 e. The van der Waals surface area contributed by atoms with Crippen molar-refractivity contribution in [3.05, 3.63) is 455 Å². The molecular formula is C120H75N9O3. The maximum atomic E-state index is 6.41. The molecule has 0 amide bonds. The van der Waals surface area contributed by atoms with Gasteiger partial charge in [0.25, 0.3) is 0 Å². The van der Waals surface area contributed by atoms with Gasteiger partial charge in [0, 0.05) is 109 Å². The van der Waals surface area contributed by atoms with E-state index in [0.717, 1.165) is 216 Å². The van der Waals surface area contributed by atoms with E-state index in [2.05, 4.69) is 329 Å². The van der Waals surface area contributed by atoms with E-state index in [1.807, 2.05) is 140 Å². The van der Waals surface area contributed by atoms with Crippen molar-refractivity contribution in [3.8, 4) is 119 Å². The molecule has 18 aromatic carbocycles. The third-order valence-corrected chi connectivity index (χ3v) is 25.3. The molecule has 0 saturated heterocycles. The Morgan fingerprint density at radius 1 is 0.159 bits per heavy atom. The van der Waals surface area contributed by atoms with Crippen LogP contribution in [0.3, 0.4) is 0 Å². The summed E-state index contributed by atoms with van der Waals surface area (Å²) < 4.78 is 25.8. The first-order valence-corrected chi connectivity index (χ1v) is 44.3. The van der Waals surface area contributed by atoms with Crippen LogP contribution in [0.1, 0.15) is 0 Å². The Balaban J connectivity index is 0.000000106. The van der Waals surface area contributed by atoms with Crippen molar-refractivity contribution in [1.29, 1.82) is 0 Å². The van der Waals surface area contributed by atoms with Crippen LogP contribution in [0.15, 0.2) is 468 Å². The Bertz CT molecular complexity index is 8140. The molecule has 27 rings (SSSR count). The molecule has 0 spiro atoms. The Hall–Kier alpha value is -18.0. The predicted octanol–water partition coefficient (Wildman–Crippen LogP) is 31.4. The van der Waals surface area contributed by atoms with Crippen molar-refractivity contribution in [1.82, 2.24) is 43.6 Å². The predicted molar refractivity (Wildman–Crippen MR) is 540 cm³/mol. The first-order chi connectivity index (χ1) is 65.4. The smallest absolute Gasteiger partial charge is 0.238 e. The molecule has 0 bridgehead atoms. The van der Waals surface area contributed by atoms with Gasteiger partial charge in [0.1, 0.15) is 39.3 Å². The number of hydrogen-bond acceptors (Lipinski definition) is 9. The number of para-hydroxylation sites is 9. The number of furan rings is 3. The van der Waals surface area contributed by atoms with Crippen LogP contribution in [0.4, 0.5) is 0 Å². The molecule has 618 valence electrons. The monoisotopic (exact) mass is 1690 g/mol. The number of hydrogen-bond donors (Lipinski definition) is 0. The first kappa shape index (κ1) is 76.4. The lowest BCUT2D eigenvalue weighted by atomic mass is 10.0. The van der Waals surface area contributed by atoms with Gasteiger partial charge in [-0.2, -0.15) is 9.97 Å². The average Bonchev–Trinajstić information content (AvgIpc) is 1.59. The summed E-state index contributed by atoms with van der Waals surface area (Å²) >= 11 is 0. The highest BCUT2D eigenvalue weighted by Crippen LogP contribution is 2.46. The van der Waals surface area contributed by atoms with E-state index in [1.165, 1.54) is 10.8 Å². The molecule has 132 heavy (non-hydrogen) atoms. The van der Waals surface area contributed by atoms with Gasteiger partial charge in [-0.1, -0.05) is 364 Å². The normalized spacial score (nSPS) is 11.6. The molecule has 0 aliphatic rings. The number of aromatic nitrogens is 9. The molecule has 27 aromatic rings. The van der Waals surface area contributed by atoms with Crippen molar-refractivity contribution in [2.24, 2.45) is 0 Å². The van der Waals surface area contributed by atoms with Crippen molar-refractivity contribution >= 4 is 131 Å². The molecule has 0 radical (unpaired) electrons. The number of rotatable bonds is 12. The van der Waals surface area contributed by atoms with E-state index in [9.17, 15) is 0 Å². The highest BCUT2D eigenvalue weighted by Gasteiger charge is 2.25. The maximum absolute atomic E-state index is 6.41. The van der Waals surface area contributed by atoms with Gasteiger partial charge in [0.15, 0.2) is 11.6 Å². The first-order valence-electron chi connectivity index (χ1n) is 44.3. The second kappa shape index (κ2) is 32.1. The molecule has 9 aromatic heterocycles. The zero-order chi connectivity index (χ0) is 87.1. The van der Waals surface area contributed by atoms with E-state index < -0.39 is 0 Å². The summed E-state index contributed by atoms with van der Waals surface area (Å²) in [6.45, 7) is 0. The summed E-state index contributed by atoms with van der Waals surface area (Å²) in [6, 6.07) is 158. The largest absolute Gasteiger partial charge is 0.455 e. The van der Waals surface area contributed by atoms with Gasteiger partial charge in [-0.05, 0) is 119 Å². The number of benzene rings is 18. The van der Waals surface area contributed by atoms with Crippen LogP contribution in [0.25, 0.3) is 250 Å². The molecule has 12 nitrogen and oxygen atoms in total. The zero-order valence-electron chi connectivity index (χ0n) is 71.1. The van der Waals surface area contributed by atoms with Gasteiger partial charge in [-0.15, -0.1) is 0 Å². The van der Waals surface area contributed by atoms with E-state index in [-0.39, 0.29) is 0 Å². The minimum atomic E-state index is 0.580. The zero-order valence-corrected chi connectivity index (χ0v) is 71.1. The molecule has 0 unspecified atom stereocenters. The van der Waals surface area contributed by atoms with E-state index in [4.69, 9.17) is 43.2 Å². The Labute approximate surface area is 756 Å². The molecule has 9 heterocycles. The van der Waals surface area contributed by atoms with E-state index >= 15 is 0 Å². The van der Waals surface area contributed by atoms with Gasteiger partial charge >= 0.3 is 0 Å². The second-order valence-corrected chi connectivity index (χ2v) is 33.1. The molecule has 0 atom stereocenters. The van der Waals surface area contributed by atoms with Crippen LogP contribution in [0.2, 0.25) is 0 Å². The van der Waals surface area contributed by atoms with Gasteiger partial charge in [0.05, 0.1) is 50.2 Å². The second-order valence-electron chi connectivity index (χ2n) is 33.1. The average molecular weight is 1690 g/mol. The van der Waals surface area contributed by atoms with Crippen LogP contribution in [0.5, 0.6) is 0 Å². The third kappa shape index (κ3) is 13.4. The number of pyridine rings is 1. The fourth-order valence-electron chi connectivity index (χ4n) is 19.2. The topological polar surface area (TPSA) is 132 Å². The van der Waals surface area contributed by atoms with Crippen LogP contribution in [-0.4, -0.2) is 43.6 Å². The lowest BCUT2D eigenvalue weighted by Crippen LogP contribution is -2.06. The molecular weight excluding hydrogens is 1620 g/mol. The van der Waals surface area contributed by atoms with Gasteiger partial charge < -0.3 is 13.3 Å². The van der Waals surface area contributed by atoms with Crippen molar-refractivity contribution in [3.63, 3.8) is 0 Å². The summed E-state index contributed by atoms with van der Waals surface area (Å²) in [4.78, 5) is 30.6. The summed E-state index contributed by atoms with van der Waals surface area (Å²) in [5.74, 6) is 3.38. The molecule has 0 saturated carbocycles. The molecule has 12 heteroatoms. The summed E-state index contributed by atoms with van der Waals surface area (Å²) in [7, 11) is 0. The van der Waals surface area contributed by atoms with Crippen molar-refractivity contribution in [2.45, 2.75) is 0 Å². The fraction of sp³-hybridized carbons (Fsp3) is 0. The Kier molecular flexibility index (Phi) is 18.6. The minimum absolute atomic E-state index is 0.580. The molecule has 0 aliphatic heterocycles. The van der Waals surface area contributed by atoms with Gasteiger partial charge in [0.2, 0.25) is 11.9 Å². The summed E-state index contributed by atoms with van der Waals surface area (Å²) in [6.07, 6.45) is 0. The van der Waals surface area contributed by atoms with Crippen molar-refractivity contribution < 1.29 is 13.3 Å². The third-order valence-electron chi connectivity index (χ3n) is 25.3. The SMILES string of the molecule is c1ccc(-c2cc(-c3ccccc3)nc(-n3c4ccccc4c4cc(-c5cccc6c5oc5ccccc56)ccc43)c2)cc1.c1ccc(-c2cc(-c3ccccc3)nc(-n3c4ccccc4c4cc(-c5cccc6c5oc5ccccc56)ccc43)n2)cc1.c1ccc(-c2nc(-c3ccccc3)nc(-n3c4ccccc4c4cc(-c5cccc6c5oc5ccccc56)ccc43)n2)cc1. The molecule has 0 fully saturated rings. The molecule has 0 N–H and O–H groups in total. The summed E-state index contributed by atoms with van der Waals surface area (Å²) in [5.41, 5.74) is 28.5. The fourth-order valence-corrected chi connectivity index (χ4v) is 19.2. The number of nitrogens with zero attached hydrogens (tertiary/aromatic N) is 9. The lowest BCUT2D eigenvalue weighted by Gasteiger charge is -2.13. The standard InChI is InChI=1S/C41H26N2O.C40H25N3O.C39H24N4O/c1-3-12-27(13-4-1)30-25-36(28-14-5-2-6-15-28)42-40(26-30)43-37-20-9-7-16-32(37)35-24-29(22-23-38(35)43)31-18-11-19-34-33-17-8-10-21-39(33)44-41(31)34;1-3-12-26(13-4-1)34-25-35(27-14-5-2-6-15-27)42-40(41-34)43-36-20-9-7-16-30(36)33-24-28(22-23-37(33)43)29-18-11-19-32-31-17-8-10-21-38(31)44-39(29)32;1-3-12-25(13-4-1)37-40-38(26-14-5-2-6-15-26)42-39(41-37)43-33-20-9-7-16-29(33)32-24-27(22-23-34(32)43)28-18-11-19-31-30-17-8-10-21-35(30)44-36(28)31/h1-26H;1-25H;1-24H. The molecule has 0 aliphatic carbocycles. The Morgan fingerprint density at radius 2 is 0.447 bits per heavy atom. The van der Waals surface area contributed by atoms with Crippen LogP contribution >= 0.6 is 0 Å². The number of fused-ring (bicyclic) bond motifs is 18. The van der Waals surface area contributed by atoms with Crippen molar-refractivity contribution in [2.75, 3.05) is 0 Å². The van der Waals surface area contributed by atoms with Crippen LogP contribution in [-0.2, 0) is 0 Å². The Morgan fingerprint density at radius 3 is 0.826 bits per heavy atom. The maximum Gasteiger partial charge on any atom is 0.238 e. The van der Waals surface area contributed by atoms with Crippen LogP contribution in [0, 0.1) is 0 Å². The van der Waals surface area contributed by atoms with Gasteiger partial charge in [-0.25, -0.2) is 19.9 Å². The quantitative estimate of drug-likeness (QED) is 0.117. The van der Waals surface area contributed by atoms with E-state index in [1.54, 1.807) is 0 Å². The summed E-state index contributed by atoms with van der Waals surface area (Å²) in [5, 5.41) is 13.7. The highest BCUT2D eigenvalue weighted by atomic mass is 16.3. The highest BCUT2D eigenvalue weighted by molar-refractivity contribution is 6.17. The lowest BCUT2D eigenvalue weighted by molar-refractivity contribution is 0.669.